The van der Waals surface area contributed by atoms with Crippen molar-refractivity contribution in [2.45, 2.75) is 6.61 Å². The van der Waals surface area contributed by atoms with E-state index >= 15 is 0 Å². The second-order valence-corrected chi connectivity index (χ2v) is 9.72. The van der Waals surface area contributed by atoms with E-state index in [1.807, 2.05) is 42.5 Å². The van der Waals surface area contributed by atoms with Crippen molar-refractivity contribution in [3.8, 4) is 11.5 Å². The van der Waals surface area contributed by atoms with Crippen molar-refractivity contribution in [2.24, 2.45) is 5.10 Å². The third-order valence-electron chi connectivity index (χ3n) is 5.59. The van der Waals surface area contributed by atoms with E-state index in [-0.39, 0.29) is 5.76 Å². The molecule has 0 aliphatic rings. The van der Waals surface area contributed by atoms with E-state index < -0.39 is 5.91 Å². The molecule has 0 aliphatic carbocycles. The number of furan rings is 1. The van der Waals surface area contributed by atoms with Crippen LogP contribution in [-0.2, 0) is 6.61 Å². The molecule has 180 valence electrons. The highest BCUT2D eigenvalue weighted by Crippen LogP contribution is 2.31. The molecule has 0 spiro atoms. The van der Waals surface area contributed by atoms with Gasteiger partial charge < -0.3 is 13.9 Å². The van der Waals surface area contributed by atoms with Crippen LogP contribution in [0.3, 0.4) is 0 Å². The Balaban J connectivity index is 1.26. The van der Waals surface area contributed by atoms with Crippen LogP contribution in [0.15, 0.2) is 97.3 Å². The summed E-state index contributed by atoms with van der Waals surface area (Å²) in [4.78, 5) is 12.5. The fourth-order valence-corrected chi connectivity index (χ4v) is 5.21. The molecule has 0 aliphatic heterocycles. The summed E-state index contributed by atoms with van der Waals surface area (Å²) < 4.78 is 18.9. The molecule has 0 atom stereocenters. The van der Waals surface area contributed by atoms with Crippen molar-refractivity contribution in [3.05, 3.63) is 105 Å². The van der Waals surface area contributed by atoms with Crippen molar-refractivity contribution >= 4 is 65.7 Å². The van der Waals surface area contributed by atoms with Gasteiger partial charge in [0.25, 0.3) is 0 Å². The van der Waals surface area contributed by atoms with Crippen LogP contribution in [0.1, 0.15) is 21.7 Å². The lowest BCUT2D eigenvalue weighted by Crippen LogP contribution is -2.16. The molecule has 5 aromatic rings. The number of carbonyl (C=O) groups is 1. The molecule has 4 aromatic carbocycles. The Labute approximate surface area is 224 Å². The number of halogens is 2. The van der Waals surface area contributed by atoms with Crippen molar-refractivity contribution < 1.29 is 18.7 Å². The topological polar surface area (TPSA) is 73.1 Å². The Hall–Kier alpha value is -3.62. The van der Waals surface area contributed by atoms with Crippen LogP contribution in [0.4, 0.5) is 0 Å². The number of carbonyl (C=O) groups excluding carboxylic acids is 1. The average molecular weight is 608 g/mol. The van der Waals surface area contributed by atoms with Crippen LogP contribution in [0.25, 0.3) is 21.7 Å². The van der Waals surface area contributed by atoms with Crippen LogP contribution < -0.4 is 14.9 Å². The lowest BCUT2D eigenvalue weighted by Gasteiger charge is -2.12. The van der Waals surface area contributed by atoms with Gasteiger partial charge in [-0.1, -0.05) is 58.4 Å². The van der Waals surface area contributed by atoms with Gasteiger partial charge in [-0.05, 0) is 74.2 Å². The standard InChI is InChI=1S/C28H20Br2N2O4/c1-34-25-11-17(9-10-24(25)35-16-19-7-4-6-18-5-2-3-8-22(18)19)15-31-32-28(33)26-13-20-12-21(29)14-23(30)27(20)36-26/h2-15H,16H2,1H3,(H,32,33)/b31-15-. The highest BCUT2D eigenvalue weighted by Gasteiger charge is 2.14. The van der Waals surface area contributed by atoms with Crippen molar-refractivity contribution in [2.75, 3.05) is 7.11 Å². The minimum Gasteiger partial charge on any atom is -0.493 e. The first-order valence-corrected chi connectivity index (χ1v) is 12.6. The number of hydrogen-bond donors (Lipinski definition) is 1. The molecule has 1 aromatic heterocycles. The maximum atomic E-state index is 12.5. The van der Waals surface area contributed by atoms with E-state index in [0.717, 1.165) is 30.8 Å². The van der Waals surface area contributed by atoms with E-state index in [2.05, 4.69) is 66.7 Å². The van der Waals surface area contributed by atoms with Crippen LogP contribution in [-0.4, -0.2) is 19.2 Å². The number of benzene rings is 4. The van der Waals surface area contributed by atoms with Gasteiger partial charge in [-0.3, -0.25) is 4.79 Å². The maximum Gasteiger partial charge on any atom is 0.307 e. The number of rotatable bonds is 7. The molecule has 0 saturated carbocycles. The molecule has 36 heavy (non-hydrogen) atoms. The summed E-state index contributed by atoms with van der Waals surface area (Å²) in [5.41, 5.74) is 4.92. The zero-order valence-electron chi connectivity index (χ0n) is 19.1. The molecule has 1 heterocycles. The molecule has 1 N–H and O–H groups in total. The second kappa shape index (κ2) is 10.6. The molecule has 0 saturated heterocycles. The Kier molecular flexibility index (Phi) is 7.06. The van der Waals surface area contributed by atoms with E-state index in [4.69, 9.17) is 13.9 Å². The summed E-state index contributed by atoms with van der Waals surface area (Å²) in [6.45, 7) is 0.408. The number of hydrazone groups is 1. The summed E-state index contributed by atoms with van der Waals surface area (Å²) in [6, 6.07) is 25.2. The van der Waals surface area contributed by atoms with Gasteiger partial charge in [0.15, 0.2) is 17.3 Å². The number of fused-ring (bicyclic) bond motifs is 2. The number of nitrogens with one attached hydrogen (secondary N) is 1. The first-order chi connectivity index (χ1) is 17.5. The summed E-state index contributed by atoms with van der Waals surface area (Å²) >= 11 is 6.87. The van der Waals surface area contributed by atoms with Crippen molar-refractivity contribution in [1.29, 1.82) is 0 Å². The Morgan fingerprint density at radius 1 is 0.972 bits per heavy atom. The molecule has 8 heteroatoms. The Bertz CT molecular complexity index is 1610. The number of ether oxygens (including phenoxy) is 2. The zero-order valence-corrected chi connectivity index (χ0v) is 22.3. The van der Waals surface area contributed by atoms with Crippen LogP contribution in [0, 0.1) is 0 Å². The highest BCUT2D eigenvalue weighted by atomic mass is 79.9. The SMILES string of the molecule is COc1cc(/C=N\NC(=O)c2cc3cc(Br)cc(Br)c3o2)ccc1OCc1cccc2ccccc12. The first-order valence-electron chi connectivity index (χ1n) is 11.0. The number of hydrogen-bond acceptors (Lipinski definition) is 5. The van der Waals surface area contributed by atoms with Gasteiger partial charge in [-0.25, -0.2) is 5.43 Å². The fourth-order valence-electron chi connectivity index (χ4n) is 3.87. The van der Waals surface area contributed by atoms with Gasteiger partial charge in [0, 0.05) is 9.86 Å². The van der Waals surface area contributed by atoms with Crippen LogP contribution in [0.2, 0.25) is 0 Å². The summed E-state index contributed by atoms with van der Waals surface area (Å²) in [7, 11) is 1.58. The first kappa shape index (κ1) is 24.1. The van der Waals surface area contributed by atoms with E-state index in [1.54, 1.807) is 19.2 Å². The second-order valence-electron chi connectivity index (χ2n) is 7.95. The Morgan fingerprint density at radius 3 is 2.67 bits per heavy atom. The molecule has 0 fully saturated rings. The molecule has 0 radical (unpaired) electrons. The summed E-state index contributed by atoms with van der Waals surface area (Å²) in [6.07, 6.45) is 1.53. The Morgan fingerprint density at radius 2 is 1.81 bits per heavy atom. The predicted molar refractivity (Wildman–Crippen MR) is 148 cm³/mol. The average Bonchev–Trinajstić information content (AvgIpc) is 3.32. The van der Waals surface area contributed by atoms with Crippen molar-refractivity contribution in [1.82, 2.24) is 5.43 Å². The van der Waals surface area contributed by atoms with E-state index in [0.29, 0.717) is 23.7 Å². The highest BCUT2D eigenvalue weighted by molar-refractivity contribution is 9.11. The van der Waals surface area contributed by atoms with E-state index in [1.165, 1.54) is 11.6 Å². The van der Waals surface area contributed by atoms with Gasteiger partial charge in [0.05, 0.1) is 17.8 Å². The lowest BCUT2D eigenvalue weighted by atomic mass is 10.1. The zero-order chi connectivity index (χ0) is 25.1. The molecule has 1 amide bonds. The normalized spacial score (nSPS) is 11.3. The van der Waals surface area contributed by atoms with Gasteiger partial charge in [-0.15, -0.1) is 0 Å². The van der Waals surface area contributed by atoms with Gasteiger partial charge in [-0.2, -0.15) is 5.10 Å². The quantitative estimate of drug-likeness (QED) is 0.154. The molecule has 5 rings (SSSR count). The summed E-state index contributed by atoms with van der Waals surface area (Å²) in [5.74, 6) is 0.895. The molecule has 0 unspecified atom stereocenters. The minimum absolute atomic E-state index is 0.163. The number of nitrogens with zero attached hydrogens (tertiary/aromatic N) is 1. The predicted octanol–water partition coefficient (Wildman–Crippen LogP) is 7.46. The monoisotopic (exact) mass is 606 g/mol. The third-order valence-corrected chi connectivity index (χ3v) is 6.64. The number of amides is 1. The molecule has 0 bridgehead atoms. The molecular weight excluding hydrogens is 588 g/mol. The maximum absolute atomic E-state index is 12.5. The van der Waals surface area contributed by atoms with E-state index in [9.17, 15) is 4.79 Å². The van der Waals surface area contributed by atoms with Gasteiger partial charge >= 0.3 is 5.91 Å². The summed E-state index contributed by atoms with van der Waals surface area (Å²) in [5, 5.41) is 7.18. The largest absolute Gasteiger partial charge is 0.493 e. The molecular formula is C28H20Br2N2O4. The van der Waals surface area contributed by atoms with Gasteiger partial charge in [0.1, 0.15) is 12.2 Å². The molecule has 6 nitrogen and oxygen atoms in total. The smallest absolute Gasteiger partial charge is 0.307 e. The van der Waals surface area contributed by atoms with Crippen LogP contribution >= 0.6 is 31.9 Å². The fraction of sp³-hybridized carbons (Fsp3) is 0.0714. The van der Waals surface area contributed by atoms with Crippen molar-refractivity contribution in [3.63, 3.8) is 0 Å². The van der Waals surface area contributed by atoms with Crippen LogP contribution in [0.5, 0.6) is 11.5 Å². The van der Waals surface area contributed by atoms with Gasteiger partial charge in [0.2, 0.25) is 0 Å². The lowest BCUT2D eigenvalue weighted by molar-refractivity contribution is 0.0929. The number of methoxy groups -OCH3 is 1. The minimum atomic E-state index is -0.451. The third kappa shape index (κ3) is 5.15.